The third-order valence-corrected chi connectivity index (χ3v) is 5.67. The minimum atomic E-state index is -1.31. The van der Waals surface area contributed by atoms with Crippen LogP contribution in [0.25, 0.3) is 0 Å². The van der Waals surface area contributed by atoms with Gasteiger partial charge in [-0.15, -0.1) is 0 Å². The molecule has 22 heavy (non-hydrogen) atoms. The minimum Gasteiger partial charge on any atom is -0.428 e. The highest BCUT2D eigenvalue weighted by molar-refractivity contribution is 5.92. The molecule has 124 valence electrons. The van der Waals surface area contributed by atoms with Crippen molar-refractivity contribution in [3.63, 3.8) is 0 Å². The highest BCUT2D eigenvalue weighted by Gasteiger charge is 2.57. The molecule has 0 aromatic heterocycles. The van der Waals surface area contributed by atoms with Gasteiger partial charge in [0.1, 0.15) is 0 Å². The van der Waals surface area contributed by atoms with Gasteiger partial charge in [-0.2, -0.15) is 0 Å². The molecule has 0 amide bonds. The number of carbonyl (C=O) groups is 1. The standard InChI is InChI=1S/C17H26O5/c1-5-21-17(4)7-10-12(15(20)22-14(10)19)13(18)9-6-16(2,3)8-11(9)17/h9,11,13,15,18,20H,5-8H2,1-4H3/t9-,11+,13+,15+,17+/m1/s1. The van der Waals surface area contributed by atoms with Crippen LogP contribution < -0.4 is 0 Å². The number of hydrogen-bond acceptors (Lipinski definition) is 5. The average Bonchev–Trinajstić information content (AvgIpc) is 2.84. The quantitative estimate of drug-likeness (QED) is 0.760. The first-order chi connectivity index (χ1) is 10.2. The molecule has 1 heterocycles. The molecule has 2 N–H and O–H groups in total. The molecule has 3 rings (SSSR count). The molecule has 0 unspecified atom stereocenters. The van der Waals surface area contributed by atoms with E-state index in [4.69, 9.17) is 9.47 Å². The molecule has 5 heteroatoms. The van der Waals surface area contributed by atoms with E-state index in [2.05, 4.69) is 13.8 Å². The maximum atomic E-state index is 12.0. The minimum absolute atomic E-state index is 0.0248. The molecule has 0 saturated heterocycles. The molecule has 1 aliphatic heterocycles. The van der Waals surface area contributed by atoms with Crippen molar-refractivity contribution in [1.29, 1.82) is 0 Å². The normalized spacial score (nSPS) is 43.6. The van der Waals surface area contributed by atoms with Crippen molar-refractivity contribution in [2.24, 2.45) is 17.3 Å². The predicted molar refractivity (Wildman–Crippen MR) is 79.8 cm³/mol. The van der Waals surface area contributed by atoms with Crippen molar-refractivity contribution >= 4 is 5.97 Å². The van der Waals surface area contributed by atoms with E-state index < -0.39 is 24.0 Å². The van der Waals surface area contributed by atoms with Gasteiger partial charge in [-0.3, -0.25) is 0 Å². The van der Waals surface area contributed by atoms with Crippen molar-refractivity contribution in [1.82, 2.24) is 0 Å². The number of ether oxygens (including phenoxy) is 2. The number of fused-ring (bicyclic) bond motifs is 1. The summed E-state index contributed by atoms with van der Waals surface area (Å²) in [5.74, 6) is -0.391. The number of rotatable bonds is 2. The van der Waals surface area contributed by atoms with E-state index >= 15 is 0 Å². The maximum absolute atomic E-state index is 12.0. The second-order valence-corrected chi connectivity index (χ2v) is 7.90. The average molecular weight is 310 g/mol. The summed E-state index contributed by atoms with van der Waals surface area (Å²) in [6, 6.07) is 0. The van der Waals surface area contributed by atoms with Gasteiger partial charge < -0.3 is 19.7 Å². The van der Waals surface area contributed by atoms with Gasteiger partial charge in [-0.1, -0.05) is 13.8 Å². The summed E-state index contributed by atoms with van der Waals surface area (Å²) >= 11 is 0. The molecule has 1 saturated carbocycles. The van der Waals surface area contributed by atoms with Crippen LogP contribution in [-0.4, -0.2) is 40.8 Å². The first-order valence-corrected chi connectivity index (χ1v) is 8.12. The van der Waals surface area contributed by atoms with E-state index in [0.717, 1.165) is 12.8 Å². The molecule has 2 aliphatic carbocycles. The van der Waals surface area contributed by atoms with E-state index in [9.17, 15) is 15.0 Å². The summed E-state index contributed by atoms with van der Waals surface area (Å²) in [6.07, 6.45) is 0.0209. The van der Waals surface area contributed by atoms with Gasteiger partial charge in [-0.05, 0) is 43.9 Å². The topological polar surface area (TPSA) is 76.0 Å². The summed E-state index contributed by atoms with van der Waals surface area (Å²) in [5.41, 5.74) is 0.361. The van der Waals surface area contributed by atoms with Crippen molar-refractivity contribution < 1.29 is 24.5 Å². The molecule has 0 radical (unpaired) electrons. The molecule has 0 bridgehead atoms. The molecule has 0 spiro atoms. The van der Waals surface area contributed by atoms with Crippen molar-refractivity contribution in [3.05, 3.63) is 11.1 Å². The molecule has 0 aromatic carbocycles. The van der Waals surface area contributed by atoms with Crippen LogP contribution in [0.1, 0.15) is 47.0 Å². The van der Waals surface area contributed by atoms with Crippen LogP contribution in [0.5, 0.6) is 0 Å². The Morgan fingerprint density at radius 1 is 1.27 bits per heavy atom. The van der Waals surface area contributed by atoms with Crippen molar-refractivity contribution in [3.8, 4) is 0 Å². The zero-order valence-corrected chi connectivity index (χ0v) is 13.8. The van der Waals surface area contributed by atoms with Crippen LogP contribution in [0.3, 0.4) is 0 Å². The Balaban J connectivity index is 2.07. The van der Waals surface area contributed by atoms with Gasteiger partial charge >= 0.3 is 5.97 Å². The molecule has 5 nitrogen and oxygen atoms in total. The molecule has 1 fully saturated rings. The van der Waals surface area contributed by atoms with E-state index in [0.29, 0.717) is 24.2 Å². The zero-order valence-electron chi connectivity index (χ0n) is 13.8. The number of aliphatic hydroxyl groups excluding tert-OH is 2. The lowest BCUT2D eigenvalue weighted by Crippen LogP contribution is -2.42. The van der Waals surface area contributed by atoms with Crippen LogP contribution in [0.2, 0.25) is 0 Å². The number of hydrogen-bond donors (Lipinski definition) is 2. The monoisotopic (exact) mass is 310 g/mol. The second kappa shape index (κ2) is 5.05. The highest BCUT2D eigenvalue weighted by Crippen LogP contribution is 2.56. The Morgan fingerprint density at radius 3 is 2.59 bits per heavy atom. The summed E-state index contributed by atoms with van der Waals surface area (Å²) < 4.78 is 11.0. The number of aliphatic hydroxyl groups is 2. The smallest absolute Gasteiger partial charge is 0.336 e. The lowest BCUT2D eigenvalue weighted by Gasteiger charge is -2.38. The second-order valence-electron chi connectivity index (χ2n) is 7.90. The Morgan fingerprint density at radius 2 is 1.95 bits per heavy atom. The van der Waals surface area contributed by atoms with E-state index in [1.807, 2.05) is 13.8 Å². The molecular formula is C17H26O5. The fourth-order valence-electron chi connectivity index (χ4n) is 4.81. The van der Waals surface area contributed by atoms with E-state index in [-0.39, 0.29) is 17.3 Å². The maximum Gasteiger partial charge on any atom is 0.336 e. The van der Waals surface area contributed by atoms with Gasteiger partial charge in [0, 0.05) is 24.2 Å². The van der Waals surface area contributed by atoms with Crippen LogP contribution in [-0.2, 0) is 14.3 Å². The summed E-state index contributed by atoms with van der Waals surface area (Å²) in [7, 11) is 0. The van der Waals surface area contributed by atoms with Gasteiger partial charge in [0.15, 0.2) is 0 Å². The SMILES string of the molecule is CCO[C@@]1(C)CC2=C([C@@H](O)[C@@H]3CC(C)(C)C[C@@H]31)[C@@H](O)OC2=O. The largest absolute Gasteiger partial charge is 0.428 e. The van der Waals surface area contributed by atoms with Crippen molar-refractivity contribution in [2.45, 2.75) is 65.0 Å². The summed E-state index contributed by atoms with van der Waals surface area (Å²) in [5, 5.41) is 20.9. The molecule has 0 aromatic rings. The molecule has 5 atom stereocenters. The first-order valence-electron chi connectivity index (χ1n) is 8.12. The van der Waals surface area contributed by atoms with Crippen molar-refractivity contribution in [2.75, 3.05) is 6.61 Å². The van der Waals surface area contributed by atoms with E-state index in [1.54, 1.807) is 0 Å². The van der Waals surface area contributed by atoms with Gasteiger partial charge in [-0.25, -0.2) is 4.79 Å². The number of cyclic esters (lactones) is 1. The fraction of sp³-hybridized carbons (Fsp3) is 0.824. The number of esters is 1. The van der Waals surface area contributed by atoms with Crippen LogP contribution in [0.15, 0.2) is 11.1 Å². The van der Waals surface area contributed by atoms with Gasteiger partial charge in [0.25, 0.3) is 0 Å². The molecular weight excluding hydrogens is 284 g/mol. The Kier molecular flexibility index (Phi) is 3.66. The fourth-order valence-corrected chi connectivity index (χ4v) is 4.81. The third-order valence-electron chi connectivity index (χ3n) is 5.67. The van der Waals surface area contributed by atoms with Gasteiger partial charge in [0.2, 0.25) is 6.29 Å². The summed E-state index contributed by atoms with van der Waals surface area (Å²) in [6.45, 7) is 8.91. The third kappa shape index (κ3) is 2.30. The Labute approximate surface area is 131 Å². The highest BCUT2D eigenvalue weighted by atomic mass is 16.6. The predicted octanol–water partition coefficient (Wildman–Crippen LogP) is 1.77. The summed E-state index contributed by atoms with van der Waals surface area (Å²) in [4.78, 5) is 12.0. The number of carbonyl (C=O) groups excluding carboxylic acids is 1. The van der Waals surface area contributed by atoms with Crippen LogP contribution in [0, 0.1) is 17.3 Å². The van der Waals surface area contributed by atoms with Crippen LogP contribution >= 0.6 is 0 Å². The van der Waals surface area contributed by atoms with E-state index in [1.165, 1.54) is 0 Å². The lowest BCUT2D eigenvalue weighted by molar-refractivity contribution is -0.155. The van der Waals surface area contributed by atoms with Gasteiger partial charge in [0.05, 0.1) is 11.7 Å². The first kappa shape index (κ1) is 16.0. The van der Waals surface area contributed by atoms with Crippen LogP contribution in [0.4, 0.5) is 0 Å². The zero-order chi connectivity index (χ0) is 16.3. The Hall–Kier alpha value is -0.910. The lowest BCUT2D eigenvalue weighted by atomic mass is 9.77. The molecule has 3 aliphatic rings. The Bertz CT molecular complexity index is 523.